The van der Waals surface area contributed by atoms with E-state index in [9.17, 15) is 8.42 Å². The second kappa shape index (κ2) is 7.61. The Morgan fingerprint density at radius 3 is 2.72 bits per heavy atom. The van der Waals surface area contributed by atoms with Crippen LogP contribution < -0.4 is 0 Å². The summed E-state index contributed by atoms with van der Waals surface area (Å²) >= 11 is 0. The van der Waals surface area contributed by atoms with E-state index in [1.807, 2.05) is 12.4 Å². The predicted molar refractivity (Wildman–Crippen MR) is 115 cm³/mol. The predicted octanol–water partition coefficient (Wildman–Crippen LogP) is 4.02. The topological polar surface area (TPSA) is 71.0 Å². The van der Waals surface area contributed by atoms with Crippen LogP contribution in [0.3, 0.4) is 0 Å². The molecule has 0 radical (unpaired) electrons. The van der Waals surface area contributed by atoms with Crippen molar-refractivity contribution in [1.82, 2.24) is 19.1 Å². The molecule has 1 aliphatic heterocycles. The van der Waals surface area contributed by atoms with E-state index in [4.69, 9.17) is 0 Å². The molecule has 7 heteroatoms. The molecule has 1 aromatic carbocycles. The van der Waals surface area contributed by atoms with E-state index in [0.29, 0.717) is 19.0 Å². The van der Waals surface area contributed by atoms with E-state index in [-0.39, 0.29) is 5.25 Å². The van der Waals surface area contributed by atoms with Gasteiger partial charge in [-0.05, 0) is 48.9 Å². The van der Waals surface area contributed by atoms with Crippen molar-refractivity contribution in [3.8, 4) is 11.1 Å². The molecule has 2 aliphatic rings. The van der Waals surface area contributed by atoms with E-state index >= 15 is 0 Å². The molecule has 1 saturated heterocycles. The van der Waals surface area contributed by atoms with Gasteiger partial charge in [-0.15, -0.1) is 0 Å². The van der Waals surface area contributed by atoms with E-state index in [1.54, 1.807) is 4.31 Å². The minimum Gasteiger partial charge on any atom is -0.347 e. The molecule has 154 valence electrons. The largest absolute Gasteiger partial charge is 0.347 e. The average molecular weight is 413 g/mol. The van der Waals surface area contributed by atoms with Gasteiger partial charge in [0.25, 0.3) is 0 Å². The van der Waals surface area contributed by atoms with Gasteiger partial charge in [0.1, 0.15) is 0 Å². The first-order valence-electron chi connectivity index (χ1n) is 10.7. The molecule has 0 amide bonds. The number of hydrogen-bond acceptors (Lipinski definition) is 3. The summed E-state index contributed by atoms with van der Waals surface area (Å²) in [6, 6.07) is 8.61. The number of hydrogen-bond donors (Lipinski definition) is 1. The summed E-state index contributed by atoms with van der Waals surface area (Å²) in [5.74, 6) is 0.373. The molecule has 6 nitrogen and oxygen atoms in total. The van der Waals surface area contributed by atoms with Crippen molar-refractivity contribution in [3.63, 3.8) is 0 Å². The normalized spacial score (nSPS) is 21.9. The fourth-order valence-corrected chi connectivity index (χ4v) is 7.11. The molecule has 5 rings (SSSR count). The first-order valence-corrected chi connectivity index (χ1v) is 12.2. The summed E-state index contributed by atoms with van der Waals surface area (Å²) in [4.78, 5) is 0. The van der Waals surface area contributed by atoms with Crippen LogP contribution in [0.25, 0.3) is 22.0 Å². The number of nitrogens with one attached hydrogen (secondary N) is 1. The number of nitrogens with zero attached hydrogens (tertiary/aromatic N) is 3. The molecule has 1 aliphatic carbocycles. The molecule has 1 atom stereocenters. The third kappa shape index (κ3) is 3.62. The van der Waals surface area contributed by atoms with Gasteiger partial charge in [-0.25, -0.2) is 12.7 Å². The van der Waals surface area contributed by atoms with Gasteiger partial charge >= 0.3 is 0 Å². The number of aromatic nitrogens is 3. The van der Waals surface area contributed by atoms with Gasteiger partial charge < -0.3 is 4.57 Å². The van der Waals surface area contributed by atoms with Gasteiger partial charge in [0.2, 0.25) is 10.0 Å². The first kappa shape index (κ1) is 18.9. The van der Waals surface area contributed by atoms with E-state index in [1.165, 1.54) is 17.3 Å². The summed E-state index contributed by atoms with van der Waals surface area (Å²) in [6.07, 6.45) is 11.8. The molecule has 0 bridgehead atoms. The summed E-state index contributed by atoms with van der Waals surface area (Å²) in [7, 11) is -3.13. The number of H-pyrrole nitrogens is 1. The Bertz CT molecular complexity index is 1080. The highest BCUT2D eigenvalue weighted by Gasteiger charge is 2.37. The highest BCUT2D eigenvalue weighted by Crippen LogP contribution is 2.31. The van der Waals surface area contributed by atoms with Crippen molar-refractivity contribution in [1.29, 1.82) is 0 Å². The highest BCUT2D eigenvalue weighted by atomic mass is 32.2. The lowest BCUT2D eigenvalue weighted by molar-refractivity contribution is 0.408. The SMILES string of the molecule is O=S(=O)(C1CCCCC1)N1CCC(Cn2ccc3cc(-c4cn[nH]c4)ccc32)C1. The zero-order chi connectivity index (χ0) is 19.8. The van der Waals surface area contributed by atoms with Crippen LogP contribution in [0.2, 0.25) is 0 Å². The Labute approximate surface area is 172 Å². The molecule has 2 fully saturated rings. The molecule has 1 unspecified atom stereocenters. The monoisotopic (exact) mass is 412 g/mol. The number of rotatable bonds is 5. The molecule has 0 spiro atoms. The number of aromatic amines is 1. The second-order valence-electron chi connectivity index (χ2n) is 8.55. The van der Waals surface area contributed by atoms with Crippen LogP contribution in [0.15, 0.2) is 42.9 Å². The van der Waals surface area contributed by atoms with Gasteiger partial charge in [0.15, 0.2) is 0 Å². The summed E-state index contributed by atoms with van der Waals surface area (Å²) < 4.78 is 30.1. The fraction of sp³-hybridized carbons (Fsp3) is 0.500. The zero-order valence-electron chi connectivity index (χ0n) is 16.6. The highest BCUT2D eigenvalue weighted by molar-refractivity contribution is 7.89. The van der Waals surface area contributed by atoms with Crippen LogP contribution in [-0.4, -0.2) is 45.8 Å². The van der Waals surface area contributed by atoms with Crippen molar-refractivity contribution in [2.45, 2.75) is 50.3 Å². The van der Waals surface area contributed by atoms with Crippen LogP contribution >= 0.6 is 0 Å². The van der Waals surface area contributed by atoms with Gasteiger partial charge in [-0.1, -0.05) is 25.3 Å². The molecule has 2 aromatic heterocycles. The quantitative estimate of drug-likeness (QED) is 0.688. The van der Waals surface area contributed by atoms with Crippen LogP contribution in [0.5, 0.6) is 0 Å². The summed E-state index contributed by atoms with van der Waals surface area (Å²) in [5.41, 5.74) is 3.43. The molecular formula is C22H28N4O2S. The maximum absolute atomic E-state index is 13.0. The molecule has 1 saturated carbocycles. The number of benzene rings is 1. The Hall–Kier alpha value is -2.12. The van der Waals surface area contributed by atoms with Crippen molar-refractivity contribution in [3.05, 3.63) is 42.9 Å². The lowest BCUT2D eigenvalue weighted by Crippen LogP contribution is -2.38. The fourth-order valence-electron chi connectivity index (χ4n) is 4.98. The Kier molecular flexibility index (Phi) is 4.95. The van der Waals surface area contributed by atoms with Gasteiger partial charge in [-0.3, -0.25) is 5.10 Å². The van der Waals surface area contributed by atoms with Gasteiger partial charge in [0.05, 0.1) is 11.4 Å². The third-order valence-corrected chi connectivity index (χ3v) is 9.00. The maximum Gasteiger partial charge on any atom is 0.216 e. The van der Waals surface area contributed by atoms with Crippen LogP contribution in [0.1, 0.15) is 38.5 Å². The number of sulfonamides is 1. The Morgan fingerprint density at radius 1 is 1.07 bits per heavy atom. The first-order chi connectivity index (χ1) is 14.1. The van der Waals surface area contributed by atoms with Gasteiger partial charge in [-0.2, -0.15) is 5.10 Å². The summed E-state index contributed by atoms with van der Waals surface area (Å²) in [6.45, 7) is 2.20. The standard InChI is InChI=1S/C22H28N4O2S/c27-29(28,21-4-2-1-3-5-21)26-11-8-17(16-26)15-25-10-9-19-12-18(6-7-22(19)25)20-13-23-24-14-20/h6-7,9-10,12-14,17,21H,1-5,8,11,15-16H2,(H,23,24). The summed E-state index contributed by atoms with van der Waals surface area (Å²) in [5, 5.41) is 7.94. The van der Waals surface area contributed by atoms with Crippen LogP contribution in [-0.2, 0) is 16.6 Å². The van der Waals surface area contributed by atoms with E-state index in [2.05, 4.69) is 45.2 Å². The lowest BCUT2D eigenvalue weighted by Gasteiger charge is -2.27. The maximum atomic E-state index is 13.0. The van der Waals surface area contributed by atoms with Crippen molar-refractivity contribution < 1.29 is 8.42 Å². The smallest absolute Gasteiger partial charge is 0.216 e. The van der Waals surface area contributed by atoms with Crippen molar-refractivity contribution in [2.24, 2.45) is 5.92 Å². The van der Waals surface area contributed by atoms with Crippen LogP contribution in [0, 0.1) is 5.92 Å². The Balaban J connectivity index is 1.29. The van der Waals surface area contributed by atoms with Crippen molar-refractivity contribution in [2.75, 3.05) is 13.1 Å². The average Bonchev–Trinajstić information content (AvgIpc) is 3.50. The molecule has 3 heterocycles. The van der Waals surface area contributed by atoms with Crippen LogP contribution in [0.4, 0.5) is 0 Å². The second-order valence-corrected chi connectivity index (χ2v) is 10.8. The van der Waals surface area contributed by atoms with E-state index in [0.717, 1.165) is 49.8 Å². The molecule has 1 N–H and O–H groups in total. The molecular weight excluding hydrogens is 384 g/mol. The molecule has 29 heavy (non-hydrogen) atoms. The third-order valence-electron chi connectivity index (χ3n) is 6.64. The molecule has 3 aromatic rings. The zero-order valence-corrected chi connectivity index (χ0v) is 17.4. The minimum absolute atomic E-state index is 0.149. The lowest BCUT2D eigenvalue weighted by atomic mass is 10.0. The van der Waals surface area contributed by atoms with Crippen molar-refractivity contribution >= 4 is 20.9 Å². The number of fused-ring (bicyclic) bond motifs is 1. The van der Waals surface area contributed by atoms with E-state index < -0.39 is 10.0 Å². The minimum atomic E-state index is -3.13. The Morgan fingerprint density at radius 2 is 1.93 bits per heavy atom. The van der Waals surface area contributed by atoms with Gasteiger partial charge in [0, 0.05) is 48.5 Å².